The SMILES string of the molecule is CC1(C)CN=C(Cc2ccccc2)C1.CC1(C)Cc2c(-c3ccccc3)c(-c3ccc(Cl)cc3)cn2C1.O=C(CBr)c1ccc(Cl)cc1. The van der Waals surface area contributed by atoms with Gasteiger partial charge in [-0.3, -0.25) is 9.79 Å². The van der Waals surface area contributed by atoms with Crippen molar-refractivity contribution in [3.8, 4) is 22.3 Å². The second-order valence-corrected chi connectivity index (χ2v) is 15.6. The Morgan fingerprint density at radius 2 is 1.33 bits per heavy atom. The number of nitrogens with zero attached hydrogens (tertiary/aromatic N) is 2. The zero-order valence-corrected chi connectivity index (χ0v) is 31.2. The highest BCUT2D eigenvalue weighted by molar-refractivity contribution is 9.09. The van der Waals surface area contributed by atoms with E-state index in [-0.39, 0.29) is 5.78 Å². The first-order chi connectivity index (χ1) is 22.9. The minimum absolute atomic E-state index is 0.0710. The molecule has 2 aliphatic heterocycles. The van der Waals surface area contributed by atoms with Gasteiger partial charge in [-0.1, -0.05) is 140 Å². The number of hydrogen-bond acceptors (Lipinski definition) is 2. The normalized spacial score (nSPS) is 15.4. The number of carbonyl (C=O) groups is 1. The molecule has 48 heavy (non-hydrogen) atoms. The number of rotatable bonds is 6. The van der Waals surface area contributed by atoms with Gasteiger partial charge in [0, 0.05) is 63.8 Å². The molecule has 2 aliphatic rings. The first-order valence-corrected chi connectivity index (χ1v) is 18.2. The molecule has 7 rings (SSSR count). The van der Waals surface area contributed by atoms with Crippen LogP contribution in [0.3, 0.4) is 0 Å². The highest BCUT2D eigenvalue weighted by Crippen LogP contribution is 2.44. The number of carbonyl (C=O) groups excluding carboxylic acids is 1. The molecule has 0 amide bonds. The van der Waals surface area contributed by atoms with Crippen molar-refractivity contribution in [2.45, 2.75) is 53.5 Å². The number of aromatic nitrogens is 1. The zero-order chi connectivity index (χ0) is 34.3. The highest BCUT2D eigenvalue weighted by atomic mass is 79.9. The van der Waals surface area contributed by atoms with Crippen LogP contribution in [0.5, 0.6) is 0 Å². The lowest BCUT2D eigenvalue weighted by Gasteiger charge is -2.16. The Morgan fingerprint density at radius 3 is 1.90 bits per heavy atom. The molecule has 0 bridgehead atoms. The Kier molecular flexibility index (Phi) is 11.8. The van der Waals surface area contributed by atoms with Crippen molar-refractivity contribution < 1.29 is 4.79 Å². The quantitative estimate of drug-likeness (QED) is 0.126. The van der Waals surface area contributed by atoms with Crippen LogP contribution in [0.15, 0.2) is 120 Å². The Morgan fingerprint density at radius 1 is 0.750 bits per heavy atom. The van der Waals surface area contributed by atoms with Gasteiger partial charge in [0.05, 0.1) is 5.33 Å². The van der Waals surface area contributed by atoms with Crippen molar-refractivity contribution >= 4 is 50.6 Å². The van der Waals surface area contributed by atoms with E-state index in [4.69, 9.17) is 23.2 Å². The van der Waals surface area contributed by atoms with Crippen molar-refractivity contribution in [1.82, 2.24) is 4.57 Å². The Hall–Kier alpha value is -3.44. The van der Waals surface area contributed by atoms with Crippen LogP contribution in [0.25, 0.3) is 22.3 Å². The molecule has 3 heterocycles. The molecule has 248 valence electrons. The van der Waals surface area contributed by atoms with Crippen molar-refractivity contribution in [2.24, 2.45) is 15.8 Å². The summed E-state index contributed by atoms with van der Waals surface area (Å²) in [6, 6.07) is 36.3. The third kappa shape index (κ3) is 9.59. The zero-order valence-electron chi connectivity index (χ0n) is 28.1. The summed E-state index contributed by atoms with van der Waals surface area (Å²) in [6.07, 6.45) is 5.62. The molecule has 0 unspecified atom stereocenters. The molecule has 0 spiro atoms. The number of ketones is 1. The minimum Gasteiger partial charge on any atom is -0.350 e. The first-order valence-electron chi connectivity index (χ1n) is 16.4. The fraction of sp³-hybridized carbons (Fsp3) is 0.286. The molecule has 1 aromatic heterocycles. The number of hydrogen-bond donors (Lipinski definition) is 0. The van der Waals surface area contributed by atoms with Crippen molar-refractivity contribution in [2.75, 3.05) is 11.9 Å². The number of aliphatic imine (C=N–C) groups is 1. The maximum absolute atomic E-state index is 11.0. The Balaban J connectivity index is 0.000000154. The minimum atomic E-state index is 0.0710. The van der Waals surface area contributed by atoms with Crippen LogP contribution in [0.1, 0.15) is 55.7 Å². The van der Waals surface area contributed by atoms with Gasteiger partial charge in [-0.2, -0.15) is 0 Å². The van der Waals surface area contributed by atoms with E-state index in [0.717, 1.165) is 37.4 Å². The van der Waals surface area contributed by atoms with Gasteiger partial charge in [0.25, 0.3) is 0 Å². The molecule has 0 radical (unpaired) electrons. The smallest absolute Gasteiger partial charge is 0.173 e. The standard InChI is InChI=1S/C21H20ClN.C13H17N.C8H6BrClO/c1-21(2)12-19-20(16-6-4-3-5-7-16)18(13-23(19)14-21)15-8-10-17(22)11-9-15;1-13(2)9-12(14-10-13)8-11-6-4-3-5-7-11;9-5-8(11)6-1-3-7(10)4-2-6/h3-11,13H,12,14H2,1-2H3;3-7H,8-10H2,1-2H3;1-4H,5H2. The summed E-state index contributed by atoms with van der Waals surface area (Å²) in [5, 5.41) is 1.79. The van der Waals surface area contributed by atoms with Crippen molar-refractivity contribution in [1.29, 1.82) is 0 Å². The topological polar surface area (TPSA) is 34.4 Å². The number of fused-ring (bicyclic) bond motifs is 1. The maximum atomic E-state index is 11.0. The Bertz CT molecular complexity index is 1840. The lowest BCUT2D eigenvalue weighted by atomic mass is 9.87. The molecule has 5 aromatic rings. The maximum Gasteiger partial charge on any atom is 0.173 e. The van der Waals surface area contributed by atoms with Crippen molar-refractivity contribution in [3.05, 3.63) is 142 Å². The largest absolute Gasteiger partial charge is 0.350 e. The molecular weight excluding hydrogens is 699 g/mol. The number of Topliss-reactive ketones (excluding diaryl/α,β-unsaturated/α-hetero) is 1. The van der Waals surface area contributed by atoms with Gasteiger partial charge in [0.15, 0.2) is 5.78 Å². The van der Waals surface area contributed by atoms with E-state index < -0.39 is 0 Å². The molecule has 4 aromatic carbocycles. The van der Waals surface area contributed by atoms with Gasteiger partial charge in [0.2, 0.25) is 0 Å². The van der Waals surface area contributed by atoms with Gasteiger partial charge < -0.3 is 4.57 Å². The van der Waals surface area contributed by atoms with E-state index in [1.807, 2.05) is 12.1 Å². The van der Waals surface area contributed by atoms with E-state index in [2.05, 4.69) is 132 Å². The third-order valence-corrected chi connectivity index (χ3v) is 9.62. The van der Waals surface area contributed by atoms with Crippen LogP contribution >= 0.6 is 39.1 Å². The second-order valence-electron chi connectivity index (χ2n) is 14.2. The average molecular weight is 743 g/mol. The van der Waals surface area contributed by atoms with Crippen LogP contribution in [0.2, 0.25) is 10.0 Å². The lowest BCUT2D eigenvalue weighted by molar-refractivity contribution is 0.102. The van der Waals surface area contributed by atoms with Crippen LogP contribution in [0.4, 0.5) is 0 Å². The fourth-order valence-electron chi connectivity index (χ4n) is 6.33. The van der Waals surface area contributed by atoms with Gasteiger partial charge in [-0.15, -0.1) is 0 Å². The molecule has 0 saturated carbocycles. The molecule has 3 nitrogen and oxygen atoms in total. The van der Waals surface area contributed by atoms with Crippen LogP contribution in [0, 0.1) is 10.8 Å². The number of alkyl halides is 1. The lowest BCUT2D eigenvalue weighted by Crippen LogP contribution is -2.12. The van der Waals surface area contributed by atoms with E-state index in [1.54, 1.807) is 24.3 Å². The predicted octanol–water partition coefficient (Wildman–Crippen LogP) is 12.1. The van der Waals surface area contributed by atoms with Crippen LogP contribution in [-0.2, 0) is 19.4 Å². The Labute approximate surface area is 304 Å². The monoisotopic (exact) mass is 740 g/mol. The van der Waals surface area contributed by atoms with E-state index in [0.29, 0.717) is 26.7 Å². The second kappa shape index (κ2) is 15.8. The van der Waals surface area contributed by atoms with Gasteiger partial charge in [-0.25, -0.2) is 0 Å². The summed E-state index contributed by atoms with van der Waals surface area (Å²) in [7, 11) is 0. The van der Waals surface area contributed by atoms with Crippen molar-refractivity contribution in [3.63, 3.8) is 0 Å². The molecule has 0 atom stereocenters. The third-order valence-electron chi connectivity index (χ3n) is 8.60. The molecule has 0 fully saturated rings. The summed E-state index contributed by atoms with van der Waals surface area (Å²) >= 11 is 14.8. The van der Waals surface area contributed by atoms with Gasteiger partial charge >= 0.3 is 0 Å². The van der Waals surface area contributed by atoms with E-state index in [9.17, 15) is 4.79 Å². The molecule has 0 aliphatic carbocycles. The molecule has 0 N–H and O–H groups in total. The first kappa shape index (κ1) is 35.9. The highest BCUT2D eigenvalue weighted by Gasteiger charge is 2.32. The fourth-order valence-corrected chi connectivity index (χ4v) is 6.90. The molecule has 0 saturated heterocycles. The number of benzene rings is 4. The number of halogens is 3. The van der Waals surface area contributed by atoms with Crippen LogP contribution < -0.4 is 0 Å². The average Bonchev–Trinajstić information content (AvgIpc) is 3.70. The van der Waals surface area contributed by atoms with Gasteiger partial charge in [0.1, 0.15) is 0 Å². The van der Waals surface area contributed by atoms with E-state index >= 15 is 0 Å². The summed E-state index contributed by atoms with van der Waals surface area (Å²) in [4.78, 5) is 15.6. The molecular formula is C42H43BrCl2N2O. The summed E-state index contributed by atoms with van der Waals surface area (Å²) in [6.45, 7) is 11.3. The molecule has 6 heteroatoms. The van der Waals surface area contributed by atoms with Gasteiger partial charge in [-0.05, 0) is 76.8 Å². The summed E-state index contributed by atoms with van der Waals surface area (Å²) in [5.41, 5.74) is 10.8. The summed E-state index contributed by atoms with van der Waals surface area (Å²) in [5.74, 6) is 0.0710. The summed E-state index contributed by atoms with van der Waals surface area (Å²) < 4.78 is 2.44. The predicted molar refractivity (Wildman–Crippen MR) is 208 cm³/mol. The van der Waals surface area contributed by atoms with E-state index in [1.165, 1.54) is 39.2 Å². The van der Waals surface area contributed by atoms with Crippen LogP contribution in [-0.4, -0.2) is 27.9 Å².